The first-order valence-corrected chi connectivity index (χ1v) is 8.33. The van der Waals surface area contributed by atoms with E-state index in [9.17, 15) is 0 Å². The first-order valence-electron chi connectivity index (χ1n) is 8.33. The van der Waals surface area contributed by atoms with E-state index in [2.05, 4.69) is 48.8 Å². The van der Waals surface area contributed by atoms with Crippen molar-refractivity contribution in [2.24, 2.45) is 5.92 Å². The Morgan fingerprint density at radius 1 is 1.48 bits per heavy atom. The molecule has 120 valence electrons. The first kappa shape index (κ1) is 16.5. The largest absolute Gasteiger partial charge is 0.376 e. The van der Waals surface area contributed by atoms with Gasteiger partial charge < -0.3 is 14.6 Å². The lowest BCUT2D eigenvalue weighted by Crippen LogP contribution is -2.38. The summed E-state index contributed by atoms with van der Waals surface area (Å²) >= 11 is 0. The summed E-state index contributed by atoms with van der Waals surface area (Å²) in [4.78, 5) is 4.43. The molecule has 4 nitrogen and oxygen atoms in total. The van der Waals surface area contributed by atoms with E-state index in [4.69, 9.17) is 4.74 Å². The van der Waals surface area contributed by atoms with E-state index < -0.39 is 0 Å². The summed E-state index contributed by atoms with van der Waals surface area (Å²) in [6.45, 7) is 13.0. The van der Waals surface area contributed by atoms with Crippen LogP contribution in [0.4, 0.5) is 0 Å². The topological polar surface area (TPSA) is 39.1 Å². The van der Waals surface area contributed by atoms with Crippen LogP contribution in [0.1, 0.15) is 58.7 Å². The molecule has 1 atom stereocenters. The van der Waals surface area contributed by atoms with Crippen LogP contribution in [0.2, 0.25) is 0 Å². The molecule has 1 aliphatic rings. The number of nitrogens with one attached hydrogen (secondary N) is 1. The van der Waals surface area contributed by atoms with Crippen LogP contribution >= 0.6 is 0 Å². The minimum Gasteiger partial charge on any atom is -0.376 e. The smallest absolute Gasteiger partial charge is 0.111 e. The van der Waals surface area contributed by atoms with Crippen molar-refractivity contribution in [3.05, 3.63) is 18.2 Å². The molecule has 1 aromatic heterocycles. The van der Waals surface area contributed by atoms with Crippen LogP contribution in [0.3, 0.4) is 0 Å². The normalized spacial score (nSPS) is 21.9. The van der Waals surface area contributed by atoms with Crippen molar-refractivity contribution in [2.75, 3.05) is 19.7 Å². The highest BCUT2D eigenvalue weighted by molar-refractivity contribution is 4.97. The van der Waals surface area contributed by atoms with Crippen LogP contribution in [-0.2, 0) is 11.3 Å². The summed E-state index contributed by atoms with van der Waals surface area (Å²) in [6.07, 6.45) is 7.51. The first-order chi connectivity index (χ1) is 9.98. The SMILES string of the molecule is CC(C)c1nccn1CCCNCC1CCOC(C)(C)C1. The van der Waals surface area contributed by atoms with Gasteiger partial charge in [-0.25, -0.2) is 4.98 Å². The number of imidazole rings is 1. The van der Waals surface area contributed by atoms with Crippen LogP contribution in [0.15, 0.2) is 12.4 Å². The maximum absolute atomic E-state index is 5.77. The van der Waals surface area contributed by atoms with Crippen molar-refractivity contribution in [3.8, 4) is 0 Å². The summed E-state index contributed by atoms with van der Waals surface area (Å²) in [5, 5.41) is 3.61. The molecule has 0 aliphatic carbocycles. The van der Waals surface area contributed by atoms with Crippen molar-refractivity contribution in [2.45, 2.75) is 65.0 Å². The van der Waals surface area contributed by atoms with E-state index >= 15 is 0 Å². The highest BCUT2D eigenvalue weighted by atomic mass is 16.5. The lowest BCUT2D eigenvalue weighted by molar-refractivity contribution is -0.0717. The van der Waals surface area contributed by atoms with Gasteiger partial charge in [-0.05, 0) is 52.1 Å². The van der Waals surface area contributed by atoms with Crippen molar-refractivity contribution in [3.63, 3.8) is 0 Å². The second-order valence-corrected chi connectivity index (χ2v) is 7.16. The molecule has 0 bridgehead atoms. The van der Waals surface area contributed by atoms with Gasteiger partial charge in [0.25, 0.3) is 0 Å². The summed E-state index contributed by atoms with van der Waals surface area (Å²) in [7, 11) is 0. The molecule has 1 N–H and O–H groups in total. The van der Waals surface area contributed by atoms with Gasteiger partial charge in [0.2, 0.25) is 0 Å². The summed E-state index contributed by atoms with van der Waals surface area (Å²) in [5.41, 5.74) is 0.0631. The average Bonchev–Trinajstić information content (AvgIpc) is 2.86. The molecule has 0 spiro atoms. The number of ether oxygens (including phenoxy) is 1. The predicted molar refractivity (Wildman–Crippen MR) is 86.6 cm³/mol. The monoisotopic (exact) mass is 293 g/mol. The Kier molecular flexibility index (Phi) is 5.82. The predicted octanol–water partition coefficient (Wildman–Crippen LogP) is 3.19. The summed E-state index contributed by atoms with van der Waals surface area (Å²) in [5.74, 6) is 2.45. The fraction of sp³-hybridized carbons (Fsp3) is 0.824. The third-order valence-electron chi connectivity index (χ3n) is 4.25. The number of hydrogen-bond donors (Lipinski definition) is 1. The Bertz CT molecular complexity index is 425. The Morgan fingerprint density at radius 3 is 3.00 bits per heavy atom. The third-order valence-corrected chi connectivity index (χ3v) is 4.25. The van der Waals surface area contributed by atoms with Crippen molar-refractivity contribution < 1.29 is 4.74 Å². The van der Waals surface area contributed by atoms with Crippen molar-refractivity contribution in [1.29, 1.82) is 0 Å². The Balaban J connectivity index is 1.63. The van der Waals surface area contributed by atoms with Gasteiger partial charge in [0.05, 0.1) is 5.60 Å². The van der Waals surface area contributed by atoms with Crippen LogP contribution < -0.4 is 5.32 Å². The van der Waals surface area contributed by atoms with E-state index in [1.165, 1.54) is 18.7 Å². The Hall–Kier alpha value is -0.870. The zero-order valence-electron chi connectivity index (χ0n) is 14.1. The Morgan fingerprint density at radius 2 is 2.29 bits per heavy atom. The molecular formula is C17H31N3O. The Labute approximate surface area is 129 Å². The summed E-state index contributed by atoms with van der Waals surface area (Å²) < 4.78 is 8.05. The summed E-state index contributed by atoms with van der Waals surface area (Å²) in [6, 6.07) is 0. The van der Waals surface area contributed by atoms with E-state index in [0.29, 0.717) is 5.92 Å². The van der Waals surface area contributed by atoms with Gasteiger partial charge in [-0.3, -0.25) is 0 Å². The minimum atomic E-state index is 0.0631. The van der Waals surface area contributed by atoms with E-state index in [-0.39, 0.29) is 5.60 Å². The second-order valence-electron chi connectivity index (χ2n) is 7.16. The molecule has 1 unspecified atom stereocenters. The van der Waals surface area contributed by atoms with Gasteiger partial charge >= 0.3 is 0 Å². The second kappa shape index (κ2) is 7.41. The van der Waals surface area contributed by atoms with Crippen molar-refractivity contribution >= 4 is 0 Å². The molecule has 0 radical (unpaired) electrons. The molecule has 2 rings (SSSR count). The number of rotatable bonds is 7. The van der Waals surface area contributed by atoms with E-state index in [1.54, 1.807) is 0 Å². The van der Waals surface area contributed by atoms with Crippen molar-refractivity contribution in [1.82, 2.24) is 14.9 Å². The fourth-order valence-electron chi connectivity index (χ4n) is 3.22. The molecule has 2 heterocycles. The quantitative estimate of drug-likeness (QED) is 0.785. The molecule has 1 saturated heterocycles. The molecule has 21 heavy (non-hydrogen) atoms. The highest BCUT2D eigenvalue weighted by Gasteiger charge is 2.28. The van der Waals surface area contributed by atoms with Gasteiger partial charge in [-0.2, -0.15) is 0 Å². The standard InChI is InChI=1S/C17H31N3O/c1-14(2)16-19-8-10-20(16)9-5-7-18-13-15-6-11-21-17(3,4)12-15/h8,10,14-15,18H,5-7,9,11-13H2,1-4H3. The molecule has 0 saturated carbocycles. The van der Waals surface area contributed by atoms with Gasteiger partial charge in [-0.1, -0.05) is 13.8 Å². The highest BCUT2D eigenvalue weighted by Crippen LogP contribution is 2.27. The number of nitrogens with zero attached hydrogens (tertiary/aromatic N) is 2. The van der Waals surface area contributed by atoms with Crippen LogP contribution in [0.25, 0.3) is 0 Å². The zero-order valence-corrected chi connectivity index (χ0v) is 14.1. The van der Waals surface area contributed by atoms with Gasteiger partial charge in [0.1, 0.15) is 5.82 Å². The molecule has 1 fully saturated rings. The average molecular weight is 293 g/mol. The number of hydrogen-bond acceptors (Lipinski definition) is 3. The molecule has 0 aromatic carbocycles. The molecule has 4 heteroatoms. The van der Waals surface area contributed by atoms with E-state index in [1.807, 2.05) is 6.20 Å². The van der Waals surface area contributed by atoms with Crippen LogP contribution in [-0.4, -0.2) is 34.8 Å². The van der Waals surface area contributed by atoms with Gasteiger partial charge in [-0.15, -0.1) is 0 Å². The van der Waals surface area contributed by atoms with Crippen LogP contribution in [0, 0.1) is 5.92 Å². The molecule has 1 aromatic rings. The fourth-order valence-corrected chi connectivity index (χ4v) is 3.22. The molecule has 1 aliphatic heterocycles. The number of aryl methyl sites for hydroxylation is 1. The van der Waals surface area contributed by atoms with Gasteiger partial charge in [0, 0.05) is 31.5 Å². The lowest BCUT2D eigenvalue weighted by Gasteiger charge is -2.35. The zero-order chi connectivity index (χ0) is 15.3. The molecular weight excluding hydrogens is 262 g/mol. The van der Waals surface area contributed by atoms with E-state index in [0.717, 1.165) is 38.6 Å². The minimum absolute atomic E-state index is 0.0631. The number of aromatic nitrogens is 2. The maximum atomic E-state index is 5.77. The van der Waals surface area contributed by atoms with Gasteiger partial charge in [0.15, 0.2) is 0 Å². The maximum Gasteiger partial charge on any atom is 0.111 e. The lowest BCUT2D eigenvalue weighted by atomic mass is 9.88. The third kappa shape index (κ3) is 5.11. The molecule has 0 amide bonds. The van der Waals surface area contributed by atoms with Crippen LogP contribution in [0.5, 0.6) is 0 Å².